The van der Waals surface area contributed by atoms with Gasteiger partial charge in [0.05, 0.1) is 0 Å². The molecule has 5 heteroatoms. The zero-order valence-corrected chi connectivity index (χ0v) is 14.0. The van der Waals surface area contributed by atoms with Gasteiger partial charge in [-0.3, -0.25) is 0 Å². The van der Waals surface area contributed by atoms with E-state index in [0.717, 1.165) is 15.6 Å². The second kappa shape index (κ2) is 6.70. The van der Waals surface area contributed by atoms with Gasteiger partial charge < -0.3 is 10.5 Å². The highest BCUT2D eigenvalue weighted by Crippen LogP contribution is 2.28. The lowest BCUT2D eigenvalue weighted by molar-refractivity contribution is 0.300. The molecule has 0 amide bonds. The van der Waals surface area contributed by atoms with Crippen molar-refractivity contribution in [1.29, 1.82) is 0 Å². The van der Waals surface area contributed by atoms with Crippen LogP contribution in [0.5, 0.6) is 5.75 Å². The number of halogens is 3. The third-order valence-corrected chi connectivity index (χ3v) is 3.73. The van der Waals surface area contributed by atoms with Gasteiger partial charge in [0.1, 0.15) is 18.2 Å². The summed E-state index contributed by atoms with van der Waals surface area (Å²) in [5.74, 6) is 0.411. The summed E-state index contributed by atoms with van der Waals surface area (Å²) < 4.78 is 20.7. The van der Waals surface area contributed by atoms with Crippen LogP contribution >= 0.6 is 31.9 Å². The molecule has 0 aliphatic rings. The molecule has 2 aromatic carbocycles. The number of hydrogen-bond acceptors (Lipinski definition) is 2. The van der Waals surface area contributed by atoms with Gasteiger partial charge in [-0.25, -0.2) is 4.39 Å². The normalized spacial score (nSPS) is 12.2. The molecule has 0 bridgehead atoms. The highest BCUT2D eigenvalue weighted by molar-refractivity contribution is 9.10. The van der Waals surface area contributed by atoms with E-state index in [0.29, 0.717) is 10.2 Å². The quantitative estimate of drug-likeness (QED) is 0.785. The molecule has 2 nitrogen and oxygen atoms in total. The van der Waals surface area contributed by atoms with Gasteiger partial charge in [0, 0.05) is 20.6 Å². The van der Waals surface area contributed by atoms with Gasteiger partial charge in [0.15, 0.2) is 0 Å². The van der Waals surface area contributed by atoms with Crippen LogP contribution in [0.25, 0.3) is 0 Å². The molecule has 0 spiro atoms. The van der Waals surface area contributed by atoms with E-state index in [9.17, 15) is 4.39 Å². The molecule has 2 rings (SSSR count). The van der Waals surface area contributed by atoms with Crippen LogP contribution in [0.1, 0.15) is 24.1 Å². The number of ether oxygens (including phenoxy) is 1. The van der Waals surface area contributed by atoms with Crippen molar-refractivity contribution in [1.82, 2.24) is 0 Å². The van der Waals surface area contributed by atoms with Crippen molar-refractivity contribution in [2.75, 3.05) is 0 Å². The predicted molar refractivity (Wildman–Crippen MR) is 85.2 cm³/mol. The summed E-state index contributed by atoms with van der Waals surface area (Å²) >= 11 is 6.67. The average Bonchev–Trinajstić information content (AvgIpc) is 2.35. The minimum Gasteiger partial charge on any atom is -0.489 e. The van der Waals surface area contributed by atoms with Crippen molar-refractivity contribution in [2.24, 2.45) is 5.73 Å². The maximum Gasteiger partial charge on any atom is 0.125 e. The van der Waals surface area contributed by atoms with E-state index in [1.165, 1.54) is 12.1 Å². The number of nitrogens with two attached hydrogens (primary N) is 1. The Morgan fingerprint density at radius 1 is 1.15 bits per heavy atom. The molecular weight excluding hydrogens is 389 g/mol. The molecule has 0 saturated heterocycles. The van der Waals surface area contributed by atoms with Gasteiger partial charge in [-0.1, -0.05) is 37.9 Å². The molecule has 2 aromatic rings. The van der Waals surface area contributed by atoms with Gasteiger partial charge in [-0.05, 0) is 42.8 Å². The van der Waals surface area contributed by atoms with E-state index in [4.69, 9.17) is 10.5 Å². The fraction of sp³-hybridized carbons (Fsp3) is 0.200. The Hall–Kier alpha value is -0.910. The SMILES string of the molecule is C[C@@H](N)c1ccc(Br)cc1OCc1cc(F)cc(Br)c1. The van der Waals surface area contributed by atoms with Crippen molar-refractivity contribution in [2.45, 2.75) is 19.6 Å². The molecule has 20 heavy (non-hydrogen) atoms. The molecule has 0 aromatic heterocycles. The van der Waals surface area contributed by atoms with Crippen LogP contribution in [0.2, 0.25) is 0 Å². The van der Waals surface area contributed by atoms with Gasteiger partial charge in [-0.15, -0.1) is 0 Å². The van der Waals surface area contributed by atoms with Crippen LogP contribution < -0.4 is 10.5 Å². The Balaban J connectivity index is 2.20. The Bertz CT molecular complexity index is 597. The van der Waals surface area contributed by atoms with Crippen molar-refractivity contribution >= 4 is 31.9 Å². The fourth-order valence-electron chi connectivity index (χ4n) is 1.86. The lowest BCUT2D eigenvalue weighted by Gasteiger charge is -2.14. The van der Waals surface area contributed by atoms with Crippen LogP contribution in [-0.4, -0.2) is 0 Å². The van der Waals surface area contributed by atoms with E-state index < -0.39 is 0 Å². The van der Waals surface area contributed by atoms with E-state index in [1.807, 2.05) is 31.2 Å². The van der Waals surface area contributed by atoms with Gasteiger partial charge in [0.2, 0.25) is 0 Å². The Morgan fingerprint density at radius 2 is 1.90 bits per heavy atom. The third kappa shape index (κ3) is 4.04. The maximum absolute atomic E-state index is 13.3. The predicted octanol–water partition coefficient (Wildman–Crippen LogP) is 4.95. The summed E-state index contributed by atoms with van der Waals surface area (Å²) in [6, 6.07) is 10.3. The van der Waals surface area contributed by atoms with Crippen molar-refractivity contribution < 1.29 is 9.13 Å². The monoisotopic (exact) mass is 401 g/mol. The average molecular weight is 403 g/mol. The Kier molecular flexibility index (Phi) is 5.18. The van der Waals surface area contributed by atoms with Gasteiger partial charge >= 0.3 is 0 Å². The minimum absolute atomic E-state index is 0.127. The van der Waals surface area contributed by atoms with E-state index in [-0.39, 0.29) is 18.5 Å². The molecule has 0 aliphatic heterocycles. The summed E-state index contributed by atoms with van der Waals surface area (Å²) in [4.78, 5) is 0. The molecular formula is C15H14Br2FNO. The third-order valence-electron chi connectivity index (χ3n) is 2.78. The molecule has 1 atom stereocenters. The Labute approximate surface area is 134 Å². The maximum atomic E-state index is 13.3. The summed E-state index contributed by atoms with van der Waals surface area (Å²) in [7, 11) is 0. The van der Waals surface area contributed by atoms with Gasteiger partial charge in [0.25, 0.3) is 0 Å². The molecule has 0 unspecified atom stereocenters. The van der Waals surface area contributed by atoms with Crippen LogP contribution in [0.4, 0.5) is 4.39 Å². The van der Waals surface area contributed by atoms with Crippen molar-refractivity contribution in [3.63, 3.8) is 0 Å². The first-order valence-corrected chi connectivity index (χ1v) is 7.67. The van der Waals surface area contributed by atoms with Crippen molar-refractivity contribution in [3.8, 4) is 5.75 Å². The molecule has 2 N–H and O–H groups in total. The standard InChI is InChI=1S/C15H14Br2FNO/c1-9(19)14-3-2-11(16)7-15(14)20-8-10-4-12(17)6-13(18)5-10/h2-7,9H,8,19H2,1H3/t9-/m1/s1. The van der Waals surface area contributed by atoms with E-state index in [1.54, 1.807) is 0 Å². The first kappa shape index (κ1) is 15.5. The smallest absolute Gasteiger partial charge is 0.125 e. The second-order valence-corrected chi connectivity index (χ2v) is 6.37. The highest BCUT2D eigenvalue weighted by Gasteiger charge is 2.09. The molecule has 0 aliphatic carbocycles. The van der Waals surface area contributed by atoms with Crippen LogP contribution in [0.15, 0.2) is 45.3 Å². The zero-order valence-electron chi connectivity index (χ0n) is 10.9. The number of rotatable bonds is 4. The molecule has 0 radical (unpaired) electrons. The summed E-state index contributed by atoms with van der Waals surface area (Å²) in [5.41, 5.74) is 7.60. The molecule has 0 fully saturated rings. The second-order valence-electron chi connectivity index (χ2n) is 4.54. The highest BCUT2D eigenvalue weighted by atomic mass is 79.9. The fourth-order valence-corrected chi connectivity index (χ4v) is 2.72. The lowest BCUT2D eigenvalue weighted by Crippen LogP contribution is -2.08. The summed E-state index contributed by atoms with van der Waals surface area (Å²) in [6.45, 7) is 2.18. The van der Waals surface area contributed by atoms with Crippen LogP contribution in [0, 0.1) is 5.82 Å². The number of benzene rings is 2. The minimum atomic E-state index is -0.292. The zero-order chi connectivity index (χ0) is 14.7. The molecule has 0 saturated carbocycles. The summed E-state index contributed by atoms with van der Waals surface area (Å²) in [5, 5.41) is 0. The van der Waals surface area contributed by atoms with E-state index >= 15 is 0 Å². The largest absolute Gasteiger partial charge is 0.489 e. The Morgan fingerprint density at radius 3 is 2.55 bits per heavy atom. The first-order chi connectivity index (χ1) is 9.45. The molecule has 0 heterocycles. The van der Waals surface area contributed by atoms with Crippen LogP contribution in [0.3, 0.4) is 0 Å². The van der Waals surface area contributed by atoms with Crippen molar-refractivity contribution in [3.05, 3.63) is 62.3 Å². The van der Waals surface area contributed by atoms with E-state index in [2.05, 4.69) is 31.9 Å². The molecule has 106 valence electrons. The van der Waals surface area contributed by atoms with Crippen LogP contribution in [-0.2, 0) is 6.61 Å². The first-order valence-electron chi connectivity index (χ1n) is 6.08. The van der Waals surface area contributed by atoms with Gasteiger partial charge in [-0.2, -0.15) is 0 Å². The topological polar surface area (TPSA) is 35.2 Å². The lowest BCUT2D eigenvalue weighted by atomic mass is 10.1. The summed E-state index contributed by atoms with van der Waals surface area (Å²) in [6.07, 6.45) is 0. The number of hydrogen-bond donors (Lipinski definition) is 1.